The first kappa shape index (κ1) is 21.0. The molecule has 1 aliphatic rings. The summed E-state index contributed by atoms with van der Waals surface area (Å²) in [6, 6.07) is 0. The van der Waals surface area contributed by atoms with Crippen molar-refractivity contribution in [1.82, 2.24) is 0 Å². The van der Waals surface area contributed by atoms with Crippen LogP contribution in [0.15, 0.2) is 5.16 Å². The van der Waals surface area contributed by atoms with Gasteiger partial charge in [-0.3, -0.25) is 0 Å². The van der Waals surface area contributed by atoms with Gasteiger partial charge in [0.15, 0.2) is 0 Å². The molecule has 0 saturated carbocycles. The van der Waals surface area contributed by atoms with Gasteiger partial charge in [-0.2, -0.15) is 11.8 Å². The predicted molar refractivity (Wildman–Crippen MR) is 92.0 cm³/mol. The van der Waals surface area contributed by atoms with Gasteiger partial charge in [0.25, 0.3) is 0 Å². The van der Waals surface area contributed by atoms with E-state index in [1.165, 1.54) is 0 Å². The minimum absolute atomic E-state index is 0.402. The Kier molecular flexibility index (Phi) is 10.5. The van der Waals surface area contributed by atoms with Crippen LogP contribution in [-0.4, -0.2) is 79.1 Å². The SMILES string of the molecule is CSCCCCCC/C(=N\O)S[C@@H]1O[C@H](CO)[C@@H](O)[C@H](O)[C@H]1O. The lowest BCUT2D eigenvalue weighted by Crippen LogP contribution is -2.57. The highest BCUT2D eigenvalue weighted by Crippen LogP contribution is 2.30. The van der Waals surface area contributed by atoms with Crippen molar-refractivity contribution >= 4 is 28.6 Å². The molecule has 1 heterocycles. The highest BCUT2D eigenvalue weighted by Gasteiger charge is 2.44. The molecular weight excluding hydrogens is 342 g/mol. The second kappa shape index (κ2) is 11.5. The van der Waals surface area contributed by atoms with E-state index in [-0.39, 0.29) is 0 Å². The Balaban J connectivity index is 2.42. The molecule has 0 aromatic heterocycles. The van der Waals surface area contributed by atoms with Crippen molar-refractivity contribution in [3.8, 4) is 0 Å². The summed E-state index contributed by atoms with van der Waals surface area (Å²) in [5.41, 5.74) is -0.895. The maximum Gasteiger partial charge on any atom is 0.138 e. The number of unbranched alkanes of at least 4 members (excludes halogenated alkanes) is 3. The third-order valence-electron chi connectivity index (χ3n) is 3.70. The molecule has 0 spiro atoms. The molecular formula is C14H27NO6S2. The summed E-state index contributed by atoms with van der Waals surface area (Å²) in [6.07, 6.45) is 1.73. The Morgan fingerprint density at radius 1 is 1.04 bits per heavy atom. The molecule has 9 heteroatoms. The first-order valence-electron chi connectivity index (χ1n) is 7.72. The van der Waals surface area contributed by atoms with Crippen molar-refractivity contribution < 1.29 is 30.4 Å². The van der Waals surface area contributed by atoms with Gasteiger partial charge in [0, 0.05) is 0 Å². The first-order valence-corrected chi connectivity index (χ1v) is 9.99. The number of oxime groups is 1. The third-order valence-corrected chi connectivity index (χ3v) is 5.58. The number of thioether (sulfide) groups is 2. The Morgan fingerprint density at radius 3 is 2.35 bits per heavy atom. The van der Waals surface area contributed by atoms with Gasteiger partial charge >= 0.3 is 0 Å². The minimum Gasteiger partial charge on any atom is -0.410 e. The number of nitrogens with zero attached hydrogens (tertiary/aromatic N) is 1. The fraction of sp³-hybridized carbons (Fsp3) is 0.929. The summed E-state index contributed by atoms with van der Waals surface area (Å²) < 4.78 is 5.38. The van der Waals surface area contributed by atoms with Crippen LogP contribution in [0.25, 0.3) is 0 Å². The molecule has 1 saturated heterocycles. The second-order valence-electron chi connectivity index (χ2n) is 5.47. The fourth-order valence-corrected chi connectivity index (χ4v) is 3.88. The van der Waals surface area contributed by atoms with Gasteiger partial charge in [-0.25, -0.2) is 0 Å². The van der Waals surface area contributed by atoms with Crippen molar-refractivity contribution in [1.29, 1.82) is 0 Å². The van der Waals surface area contributed by atoms with E-state index in [1.54, 1.807) is 0 Å². The largest absolute Gasteiger partial charge is 0.410 e. The number of aliphatic hydroxyl groups is 4. The molecule has 0 bridgehead atoms. The summed E-state index contributed by atoms with van der Waals surface area (Å²) in [5, 5.41) is 51.3. The monoisotopic (exact) mass is 369 g/mol. The third kappa shape index (κ3) is 6.77. The standard InChI is InChI=1S/C14H27NO6S2/c1-22-7-5-3-2-4-6-10(15-20)23-14-13(19)12(18)11(17)9(8-16)21-14/h9,11-14,16-20H,2-8H2,1H3/b15-10+/t9-,11-,12+,13-,14+/m1/s1. The molecule has 0 amide bonds. The lowest BCUT2D eigenvalue weighted by molar-refractivity contribution is -0.205. The van der Waals surface area contributed by atoms with E-state index in [0.29, 0.717) is 11.5 Å². The normalized spacial score (nSPS) is 32.2. The second-order valence-corrected chi connectivity index (χ2v) is 7.62. The van der Waals surface area contributed by atoms with Crippen LogP contribution in [0, 0.1) is 0 Å². The highest BCUT2D eigenvalue weighted by atomic mass is 32.2. The molecule has 5 atom stereocenters. The van der Waals surface area contributed by atoms with Crippen LogP contribution in [0.5, 0.6) is 0 Å². The smallest absolute Gasteiger partial charge is 0.138 e. The van der Waals surface area contributed by atoms with Crippen LogP contribution in [0.4, 0.5) is 0 Å². The fourth-order valence-electron chi connectivity index (χ4n) is 2.31. The quantitative estimate of drug-likeness (QED) is 0.132. The van der Waals surface area contributed by atoms with Gasteiger partial charge in [-0.1, -0.05) is 29.8 Å². The minimum atomic E-state index is -1.41. The lowest BCUT2D eigenvalue weighted by Gasteiger charge is -2.39. The maximum absolute atomic E-state index is 9.96. The molecule has 1 rings (SSSR count). The van der Waals surface area contributed by atoms with E-state index in [0.717, 1.165) is 43.2 Å². The molecule has 23 heavy (non-hydrogen) atoms. The van der Waals surface area contributed by atoms with Gasteiger partial charge in [0.1, 0.15) is 34.9 Å². The number of rotatable bonds is 9. The predicted octanol–water partition coefficient (Wildman–Crippen LogP) is 0.621. The molecule has 0 unspecified atom stereocenters. The molecule has 1 aliphatic heterocycles. The number of ether oxygens (including phenoxy) is 1. The summed E-state index contributed by atoms with van der Waals surface area (Å²) in [5.74, 6) is 1.14. The molecule has 1 fully saturated rings. The van der Waals surface area contributed by atoms with Crippen molar-refractivity contribution in [2.45, 2.75) is 62.0 Å². The zero-order valence-electron chi connectivity index (χ0n) is 13.2. The highest BCUT2D eigenvalue weighted by molar-refractivity contribution is 8.14. The summed E-state index contributed by atoms with van der Waals surface area (Å²) in [4.78, 5) is 0. The average Bonchev–Trinajstić information content (AvgIpc) is 2.56. The number of aliphatic hydroxyl groups excluding tert-OH is 4. The van der Waals surface area contributed by atoms with Crippen molar-refractivity contribution in [3.63, 3.8) is 0 Å². The van der Waals surface area contributed by atoms with Crippen LogP contribution in [-0.2, 0) is 4.74 Å². The lowest BCUT2D eigenvalue weighted by atomic mass is 10.0. The topological polar surface area (TPSA) is 123 Å². The van der Waals surface area contributed by atoms with E-state index in [2.05, 4.69) is 11.4 Å². The van der Waals surface area contributed by atoms with Crippen LogP contribution in [0.3, 0.4) is 0 Å². The Morgan fingerprint density at radius 2 is 1.74 bits per heavy atom. The van der Waals surface area contributed by atoms with Crippen LogP contribution in [0.2, 0.25) is 0 Å². The van der Waals surface area contributed by atoms with E-state index in [1.807, 2.05) is 11.8 Å². The molecule has 0 aromatic carbocycles. The van der Waals surface area contributed by atoms with Gasteiger partial charge < -0.3 is 30.4 Å². The van der Waals surface area contributed by atoms with Crippen LogP contribution >= 0.6 is 23.5 Å². The summed E-state index contributed by atoms with van der Waals surface area (Å²) in [7, 11) is 0. The summed E-state index contributed by atoms with van der Waals surface area (Å²) >= 11 is 2.83. The van der Waals surface area contributed by atoms with Crippen molar-refractivity contribution in [2.75, 3.05) is 18.6 Å². The van der Waals surface area contributed by atoms with E-state index in [4.69, 9.17) is 15.1 Å². The number of hydrogen-bond donors (Lipinski definition) is 5. The Labute approximate surface area is 145 Å². The van der Waals surface area contributed by atoms with E-state index < -0.39 is 36.5 Å². The molecule has 7 nitrogen and oxygen atoms in total. The Hall–Kier alpha value is -0.0300. The average molecular weight is 370 g/mol. The molecule has 5 N–H and O–H groups in total. The summed E-state index contributed by atoms with van der Waals surface area (Å²) in [6.45, 7) is -0.469. The van der Waals surface area contributed by atoms with Gasteiger partial charge in [-0.05, 0) is 31.3 Å². The zero-order valence-corrected chi connectivity index (χ0v) is 14.9. The Bertz CT molecular complexity index is 358. The van der Waals surface area contributed by atoms with E-state index in [9.17, 15) is 15.3 Å². The zero-order chi connectivity index (χ0) is 17.2. The molecule has 136 valence electrons. The molecule has 0 aromatic rings. The molecule has 0 radical (unpaired) electrons. The molecule has 0 aliphatic carbocycles. The van der Waals surface area contributed by atoms with Crippen molar-refractivity contribution in [3.05, 3.63) is 0 Å². The van der Waals surface area contributed by atoms with Crippen LogP contribution in [0.1, 0.15) is 32.1 Å². The van der Waals surface area contributed by atoms with Gasteiger partial charge in [-0.15, -0.1) is 0 Å². The van der Waals surface area contributed by atoms with Crippen LogP contribution < -0.4 is 0 Å². The maximum atomic E-state index is 9.96. The van der Waals surface area contributed by atoms with Crippen molar-refractivity contribution in [2.24, 2.45) is 5.16 Å². The van der Waals surface area contributed by atoms with Gasteiger partial charge in [0.2, 0.25) is 0 Å². The van der Waals surface area contributed by atoms with Gasteiger partial charge in [0.05, 0.1) is 6.61 Å². The first-order chi connectivity index (χ1) is 11.0. The number of hydrogen-bond acceptors (Lipinski definition) is 9. The van der Waals surface area contributed by atoms with E-state index >= 15 is 0 Å².